The monoisotopic (exact) mass is 728 g/mol. The Morgan fingerprint density at radius 2 is 1.54 bits per heavy atom. The van der Waals surface area contributed by atoms with Crippen LogP contribution in [0.1, 0.15) is 53.7 Å². The van der Waals surface area contributed by atoms with Crippen LogP contribution < -0.4 is 15.4 Å². The van der Waals surface area contributed by atoms with Crippen molar-refractivity contribution in [3.8, 4) is 16.9 Å². The Kier molecular flexibility index (Phi) is 12.2. The number of benzene rings is 4. The van der Waals surface area contributed by atoms with Gasteiger partial charge in [-0.3, -0.25) is 14.1 Å². The predicted octanol–water partition coefficient (Wildman–Crippen LogP) is 8.55. The van der Waals surface area contributed by atoms with Crippen molar-refractivity contribution in [2.45, 2.75) is 39.5 Å². The van der Waals surface area contributed by atoms with Crippen molar-refractivity contribution in [1.29, 1.82) is 0 Å². The lowest BCUT2D eigenvalue weighted by Crippen LogP contribution is -2.28. The molecule has 0 fully saturated rings. The van der Waals surface area contributed by atoms with E-state index in [1.165, 1.54) is 24.3 Å². The van der Waals surface area contributed by atoms with E-state index in [4.69, 9.17) is 16.2 Å². The molecule has 0 aromatic heterocycles. The lowest BCUT2D eigenvalue weighted by Gasteiger charge is -2.19. The maximum atomic E-state index is 13.9. The minimum atomic E-state index is -4.82. The zero-order chi connectivity index (χ0) is 36.7. The van der Waals surface area contributed by atoms with Gasteiger partial charge in [-0.1, -0.05) is 93.1 Å². The van der Waals surface area contributed by atoms with Crippen LogP contribution in [0.25, 0.3) is 17.2 Å². The molecule has 264 valence electrons. The molecule has 1 atom stereocenters. The van der Waals surface area contributed by atoms with Gasteiger partial charge in [0.05, 0.1) is 11.7 Å². The number of carbonyl (C=O) groups is 2. The van der Waals surface area contributed by atoms with Gasteiger partial charge in [0.1, 0.15) is 5.75 Å². The van der Waals surface area contributed by atoms with E-state index >= 15 is 0 Å². The zero-order valence-corrected chi connectivity index (χ0v) is 29.0. The third kappa shape index (κ3) is 12.3. The summed E-state index contributed by atoms with van der Waals surface area (Å²) in [7, 11) is -4.22. The molecule has 4 aromatic rings. The molecular formula is C37H36ClF3N2O6S. The Morgan fingerprint density at radius 3 is 2.12 bits per heavy atom. The summed E-state index contributed by atoms with van der Waals surface area (Å²) in [6.45, 7) is 6.01. The normalized spacial score (nSPS) is 12.8. The minimum Gasteiger partial charge on any atom is -0.406 e. The van der Waals surface area contributed by atoms with Crippen LogP contribution in [0, 0.1) is 5.41 Å². The van der Waals surface area contributed by atoms with Gasteiger partial charge in [0.15, 0.2) is 0 Å². The smallest absolute Gasteiger partial charge is 0.406 e. The number of ether oxygens (including phenoxy) is 1. The molecule has 13 heteroatoms. The van der Waals surface area contributed by atoms with Crippen molar-refractivity contribution in [3.05, 3.63) is 124 Å². The number of carbonyl (C=O) groups excluding carboxylic acids is 2. The topological polar surface area (TPSA) is 122 Å². The number of anilines is 1. The average Bonchev–Trinajstić information content (AvgIpc) is 3.01. The third-order valence-corrected chi connectivity index (χ3v) is 8.26. The Labute approximate surface area is 294 Å². The number of alkyl halides is 3. The van der Waals surface area contributed by atoms with Gasteiger partial charge in [-0.2, -0.15) is 8.42 Å². The molecule has 0 aliphatic carbocycles. The molecule has 4 aromatic carbocycles. The highest BCUT2D eigenvalue weighted by molar-refractivity contribution is 7.85. The van der Waals surface area contributed by atoms with Crippen LogP contribution in [0.4, 0.5) is 18.9 Å². The summed E-state index contributed by atoms with van der Waals surface area (Å²) in [6, 6.07) is 24.2. The number of hydrogen-bond acceptors (Lipinski definition) is 5. The van der Waals surface area contributed by atoms with E-state index in [1.54, 1.807) is 42.5 Å². The van der Waals surface area contributed by atoms with E-state index in [-0.39, 0.29) is 35.6 Å². The molecule has 0 heterocycles. The summed E-state index contributed by atoms with van der Waals surface area (Å²) in [5, 5.41) is 5.67. The first-order chi connectivity index (χ1) is 23.3. The van der Waals surface area contributed by atoms with Gasteiger partial charge in [-0.15, -0.1) is 13.2 Å². The second-order valence-corrected chi connectivity index (χ2v) is 14.7. The van der Waals surface area contributed by atoms with Gasteiger partial charge in [0, 0.05) is 22.8 Å². The summed E-state index contributed by atoms with van der Waals surface area (Å²) in [4.78, 5) is 26.4. The molecule has 4 rings (SSSR count). The molecule has 50 heavy (non-hydrogen) atoms. The summed E-state index contributed by atoms with van der Waals surface area (Å²) in [6.07, 6.45) is -0.477. The molecule has 2 amide bonds. The molecule has 0 bridgehead atoms. The van der Waals surface area contributed by atoms with E-state index in [9.17, 15) is 31.2 Å². The highest BCUT2D eigenvalue weighted by Gasteiger charge is 2.31. The van der Waals surface area contributed by atoms with Crippen molar-refractivity contribution in [1.82, 2.24) is 5.32 Å². The van der Waals surface area contributed by atoms with Crippen LogP contribution in [-0.4, -0.2) is 43.4 Å². The van der Waals surface area contributed by atoms with Gasteiger partial charge in [0.2, 0.25) is 5.91 Å². The molecular weight excluding hydrogens is 693 g/mol. The number of hydrogen-bond donors (Lipinski definition) is 3. The van der Waals surface area contributed by atoms with Crippen LogP contribution >= 0.6 is 11.6 Å². The first-order valence-corrected chi connectivity index (χ1v) is 17.4. The SMILES string of the molecule is CC(C)(C)C=Cc1ccc(C(Cc2ccc(C(=O)NCCS(=O)(=O)O)cc2)C(=O)Nc2cc(Cl)cc(-c3ccc(OC(F)(F)F)cc3)c2)cc1. The van der Waals surface area contributed by atoms with Gasteiger partial charge in [-0.25, -0.2) is 0 Å². The van der Waals surface area contributed by atoms with E-state index in [0.29, 0.717) is 21.8 Å². The second kappa shape index (κ2) is 15.9. The molecule has 3 N–H and O–H groups in total. The van der Waals surface area contributed by atoms with E-state index in [2.05, 4.69) is 42.2 Å². The van der Waals surface area contributed by atoms with E-state index < -0.39 is 34.1 Å². The van der Waals surface area contributed by atoms with E-state index in [0.717, 1.165) is 16.7 Å². The number of nitrogens with one attached hydrogen (secondary N) is 2. The maximum Gasteiger partial charge on any atom is 0.573 e. The quantitative estimate of drug-likeness (QED) is 0.126. The highest BCUT2D eigenvalue weighted by Crippen LogP contribution is 2.32. The minimum absolute atomic E-state index is 0.0185. The fourth-order valence-corrected chi connectivity index (χ4v) is 5.47. The van der Waals surface area contributed by atoms with Crippen LogP contribution in [0.2, 0.25) is 5.02 Å². The van der Waals surface area contributed by atoms with Crippen molar-refractivity contribution in [3.63, 3.8) is 0 Å². The van der Waals surface area contributed by atoms with Crippen LogP contribution in [0.15, 0.2) is 97.1 Å². The van der Waals surface area contributed by atoms with Crippen molar-refractivity contribution < 1.29 is 40.5 Å². The maximum absolute atomic E-state index is 13.9. The Balaban J connectivity index is 1.58. The lowest BCUT2D eigenvalue weighted by molar-refractivity contribution is -0.274. The van der Waals surface area contributed by atoms with E-state index in [1.807, 2.05) is 30.3 Å². The lowest BCUT2D eigenvalue weighted by atomic mass is 9.89. The summed E-state index contributed by atoms with van der Waals surface area (Å²) < 4.78 is 72.6. The van der Waals surface area contributed by atoms with Gasteiger partial charge >= 0.3 is 6.36 Å². The summed E-state index contributed by atoms with van der Waals surface area (Å²) in [5.74, 6) is -2.54. The number of allylic oxidation sites excluding steroid dienone is 1. The molecule has 0 saturated carbocycles. The summed E-state index contributed by atoms with van der Waals surface area (Å²) in [5.41, 5.74) is 4.16. The fourth-order valence-electron chi connectivity index (χ4n) is 4.88. The van der Waals surface area contributed by atoms with Crippen molar-refractivity contribution >= 4 is 45.3 Å². The predicted molar refractivity (Wildman–Crippen MR) is 189 cm³/mol. The largest absolute Gasteiger partial charge is 0.573 e. The van der Waals surface area contributed by atoms with Crippen LogP contribution in [0.3, 0.4) is 0 Å². The first kappa shape index (κ1) is 38.2. The zero-order valence-electron chi connectivity index (χ0n) is 27.4. The van der Waals surface area contributed by atoms with Crippen molar-refractivity contribution in [2.24, 2.45) is 5.41 Å². The molecule has 0 aliphatic heterocycles. The second-order valence-electron chi connectivity index (χ2n) is 12.7. The Bertz CT molecular complexity index is 1940. The number of halogens is 4. The number of amides is 2. The Morgan fingerprint density at radius 1 is 0.900 bits per heavy atom. The first-order valence-electron chi connectivity index (χ1n) is 15.4. The molecule has 1 unspecified atom stereocenters. The standard InChI is InChI=1S/C37H36ClF3N2O6S/c1-36(2,3)17-16-24-4-8-27(9-5-24)33(20-25-6-10-28(11-7-25)34(44)42-18-19-50(46,47)48)35(45)43-31-22-29(21-30(38)23-31)26-12-14-32(15-13-26)49-37(39,40)41/h4-17,21-23,33H,18-20H2,1-3H3,(H,42,44)(H,43,45)(H,46,47,48). The van der Waals surface area contributed by atoms with Crippen molar-refractivity contribution in [2.75, 3.05) is 17.6 Å². The van der Waals surface area contributed by atoms with Gasteiger partial charge in [0.25, 0.3) is 16.0 Å². The van der Waals surface area contributed by atoms with Gasteiger partial charge < -0.3 is 15.4 Å². The summed E-state index contributed by atoms with van der Waals surface area (Å²) >= 11 is 6.40. The molecule has 0 radical (unpaired) electrons. The molecule has 8 nitrogen and oxygen atoms in total. The Hall–Kier alpha value is -4.65. The molecule has 0 spiro atoms. The average molecular weight is 729 g/mol. The molecule has 0 aliphatic rings. The van der Waals surface area contributed by atoms with Crippen LogP contribution in [-0.2, 0) is 21.3 Å². The third-order valence-electron chi connectivity index (χ3n) is 7.32. The highest BCUT2D eigenvalue weighted by atomic mass is 35.5. The fraction of sp³-hybridized carbons (Fsp3) is 0.243. The van der Waals surface area contributed by atoms with Gasteiger partial charge in [-0.05, 0) is 82.1 Å². The van der Waals surface area contributed by atoms with Crippen LogP contribution in [0.5, 0.6) is 5.75 Å². The number of rotatable bonds is 12. The molecule has 0 saturated heterocycles.